The Bertz CT molecular complexity index is 493. The number of hydrogen-bond donors (Lipinski definition) is 2. The largest absolute Gasteiger partial charge is 0.456 e. The number of carbonyl (C=O) groups is 2. The van der Waals surface area contributed by atoms with Crippen LogP contribution in [0.5, 0.6) is 0 Å². The first-order valence-corrected chi connectivity index (χ1v) is 8.36. The molecule has 2 heterocycles. The van der Waals surface area contributed by atoms with Crippen molar-refractivity contribution in [1.29, 1.82) is 0 Å². The van der Waals surface area contributed by atoms with Crippen molar-refractivity contribution in [1.82, 2.24) is 5.32 Å². The zero-order valence-electron chi connectivity index (χ0n) is 12.9. The number of fused-ring (bicyclic) bond motifs is 1. The van der Waals surface area contributed by atoms with Gasteiger partial charge in [-0.2, -0.15) is 0 Å². The number of carbonyl (C=O) groups excluding carboxylic acids is 2. The molecule has 0 bridgehead atoms. The third-order valence-electron chi connectivity index (χ3n) is 3.47. The fraction of sp³-hybridized carbons (Fsp3) is 0.833. The standard InChI is InChI=1S/C12H19N3O8S/c1-6(16)14-5-24-4-7(13)12(17)22-8-2-20-11-9(23-15(18)19)3-21-10(8)11/h7-11H,2-5,13H2,1H3,(H,14,16)/t7-,8+,9-,10+,11+/m0/s1. The molecule has 24 heavy (non-hydrogen) atoms. The minimum atomic E-state index is -0.901. The molecule has 3 N–H and O–H groups in total. The third kappa shape index (κ3) is 4.93. The molecular weight excluding hydrogens is 346 g/mol. The van der Waals surface area contributed by atoms with Crippen LogP contribution in [-0.2, 0) is 28.6 Å². The molecular formula is C12H19N3O8S. The summed E-state index contributed by atoms with van der Waals surface area (Å²) in [7, 11) is 0. The van der Waals surface area contributed by atoms with Gasteiger partial charge in [-0.1, -0.05) is 0 Å². The summed E-state index contributed by atoms with van der Waals surface area (Å²) in [5.41, 5.74) is 5.74. The lowest BCUT2D eigenvalue weighted by Gasteiger charge is -2.19. The highest BCUT2D eigenvalue weighted by atomic mass is 32.2. The molecule has 11 nitrogen and oxygen atoms in total. The van der Waals surface area contributed by atoms with Crippen molar-refractivity contribution in [3.05, 3.63) is 10.1 Å². The van der Waals surface area contributed by atoms with E-state index >= 15 is 0 Å². The molecule has 0 aliphatic carbocycles. The highest BCUT2D eigenvalue weighted by Crippen LogP contribution is 2.30. The lowest BCUT2D eigenvalue weighted by atomic mass is 10.1. The van der Waals surface area contributed by atoms with Crippen LogP contribution in [0.2, 0.25) is 0 Å². The second kappa shape index (κ2) is 8.46. The fourth-order valence-electron chi connectivity index (χ4n) is 2.37. The quantitative estimate of drug-likeness (QED) is 0.169. The van der Waals surface area contributed by atoms with Crippen molar-refractivity contribution < 1.29 is 33.7 Å². The number of nitrogens with one attached hydrogen (secondary N) is 1. The smallest absolute Gasteiger partial charge is 0.324 e. The predicted molar refractivity (Wildman–Crippen MR) is 80.3 cm³/mol. The summed E-state index contributed by atoms with van der Waals surface area (Å²) in [6, 6.07) is -0.866. The maximum absolute atomic E-state index is 12.0. The van der Waals surface area contributed by atoms with Gasteiger partial charge in [-0.3, -0.25) is 9.59 Å². The van der Waals surface area contributed by atoms with E-state index in [0.717, 1.165) is 0 Å². The van der Waals surface area contributed by atoms with Gasteiger partial charge in [0.15, 0.2) is 12.2 Å². The van der Waals surface area contributed by atoms with Gasteiger partial charge < -0.3 is 30.1 Å². The van der Waals surface area contributed by atoms with E-state index in [1.165, 1.54) is 18.7 Å². The lowest BCUT2D eigenvalue weighted by molar-refractivity contribution is -0.769. The van der Waals surface area contributed by atoms with Crippen LogP contribution in [0.15, 0.2) is 0 Å². The van der Waals surface area contributed by atoms with Crippen molar-refractivity contribution >= 4 is 23.6 Å². The van der Waals surface area contributed by atoms with Crippen molar-refractivity contribution in [2.24, 2.45) is 5.73 Å². The highest BCUT2D eigenvalue weighted by molar-refractivity contribution is 7.99. The van der Waals surface area contributed by atoms with Gasteiger partial charge in [0.2, 0.25) is 5.91 Å². The van der Waals surface area contributed by atoms with Gasteiger partial charge >= 0.3 is 5.97 Å². The molecule has 0 saturated carbocycles. The van der Waals surface area contributed by atoms with Gasteiger partial charge in [-0.05, 0) is 0 Å². The van der Waals surface area contributed by atoms with E-state index in [-0.39, 0.29) is 24.9 Å². The molecule has 2 saturated heterocycles. The normalized spacial score (nSPS) is 29.6. The number of amides is 1. The van der Waals surface area contributed by atoms with Gasteiger partial charge in [0.05, 0.1) is 19.1 Å². The van der Waals surface area contributed by atoms with Crippen LogP contribution >= 0.6 is 11.8 Å². The van der Waals surface area contributed by atoms with E-state index in [1.807, 2.05) is 0 Å². The average molecular weight is 365 g/mol. The minimum Gasteiger partial charge on any atom is -0.456 e. The van der Waals surface area contributed by atoms with E-state index in [0.29, 0.717) is 5.88 Å². The summed E-state index contributed by atoms with van der Waals surface area (Å²) >= 11 is 1.29. The van der Waals surface area contributed by atoms with E-state index in [4.69, 9.17) is 19.9 Å². The van der Waals surface area contributed by atoms with E-state index in [1.54, 1.807) is 0 Å². The van der Waals surface area contributed by atoms with Crippen molar-refractivity contribution in [2.45, 2.75) is 37.4 Å². The second-order valence-electron chi connectivity index (χ2n) is 5.29. The molecule has 12 heteroatoms. The first-order valence-electron chi connectivity index (χ1n) is 7.21. The van der Waals surface area contributed by atoms with Gasteiger partial charge in [0.25, 0.3) is 5.09 Å². The first kappa shape index (κ1) is 18.7. The van der Waals surface area contributed by atoms with Crippen LogP contribution in [0.3, 0.4) is 0 Å². The summed E-state index contributed by atoms with van der Waals surface area (Å²) in [5, 5.41) is 12.1. The Labute approximate surface area is 141 Å². The summed E-state index contributed by atoms with van der Waals surface area (Å²) < 4.78 is 16.0. The number of nitrogens with zero attached hydrogens (tertiary/aromatic N) is 1. The zero-order chi connectivity index (χ0) is 17.7. The fourth-order valence-corrected chi connectivity index (χ4v) is 3.19. The second-order valence-corrected chi connectivity index (χ2v) is 6.32. The van der Waals surface area contributed by atoms with Crippen LogP contribution in [0, 0.1) is 10.1 Å². The molecule has 0 spiro atoms. The summed E-state index contributed by atoms with van der Waals surface area (Å²) in [5.74, 6) is -0.176. The number of hydrogen-bond acceptors (Lipinski definition) is 10. The van der Waals surface area contributed by atoms with Gasteiger partial charge in [-0.25, -0.2) is 0 Å². The Kier molecular flexibility index (Phi) is 6.60. The minimum absolute atomic E-state index is 0.0109. The number of rotatable bonds is 8. The topological polar surface area (TPSA) is 152 Å². The van der Waals surface area contributed by atoms with Crippen LogP contribution < -0.4 is 11.1 Å². The first-order chi connectivity index (χ1) is 11.4. The van der Waals surface area contributed by atoms with Crippen molar-refractivity contribution in [2.75, 3.05) is 24.8 Å². The maximum Gasteiger partial charge on any atom is 0.324 e. The molecule has 2 fully saturated rings. The molecule has 1 amide bonds. The summed E-state index contributed by atoms with van der Waals surface area (Å²) in [4.78, 5) is 37.6. The number of nitrogens with two attached hydrogens (primary N) is 1. The Hall–Kier alpha value is -1.63. The summed E-state index contributed by atoms with van der Waals surface area (Å²) in [6.07, 6.45) is -2.79. The van der Waals surface area contributed by atoms with Crippen LogP contribution in [0.1, 0.15) is 6.92 Å². The maximum atomic E-state index is 12.0. The van der Waals surface area contributed by atoms with Gasteiger partial charge in [0.1, 0.15) is 18.2 Å². The molecule has 2 rings (SSSR count). The lowest BCUT2D eigenvalue weighted by Crippen LogP contribution is -2.41. The van der Waals surface area contributed by atoms with E-state index < -0.39 is 41.5 Å². The number of thioether (sulfide) groups is 1. The number of esters is 1. The Balaban J connectivity index is 1.74. The molecule has 0 aromatic carbocycles. The summed E-state index contributed by atoms with van der Waals surface area (Å²) in [6.45, 7) is 1.44. The Morgan fingerprint density at radius 3 is 2.62 bits per heavy atom. The number of ether oxygens (including phenoxy) is 3. The van der Waals surface area contributed by atoms with E-state index in [2.05, 4.69) is 10.2 Å². The van der Waals surface area contributed by atoms with Gasteiger partial charge in [-0.15, -0.1) is 21.9 Å². The van der Waals surface area contributed by atoms with E-state index in [9.17, 15) is 19.7 Å². The Morgan fingerprint density at radius 1 is 1.38 bits per heavy atom. The molecule has 2 aliphatic rings. The highest BCUT2D eigenvalue weighted by Gasteiger charge is 2.51. The zero-order valence-corrected chi connectivity index (χ0v) is 13.7. The molecule has 0 aromatic rings. The van der Waals surface area contributed by atoms with Crippen molar-refractivity contribution in [3.8, 4) is 0 Å². The molecule has 136 valence electrons. The SMILES string of the molecule is CC(=O)NCSC[C@H](N)C(=O)O[C@@H]1CO[C@H]2[C@@H]1OC[C@@H]2O[N+](=O)[O-]. The molecule has 5 atom stereocenters. The van der Waals surface area contributed by atoms with Crippen LogP contribution in [0.4, 0.5) is 0 Å². The van der Waals surface area contributed by atoms with Gasteiger partial charge in [0, 0.05) is 12.7 Å². The van der Waals surface area contributed by atoms with Crippen LogP contribution in [-0.4, -0.2) is 72.3 Å². The molecule has 2 aliphatic heterocycles. The monoisotopic (exact) mass is 365 g/mol. The average Bonchev–Trinajstić information content (AvgIpc) is 3.07. The molecule has 0 aromatic heterocycles. The molecule has 0 radical (unpaired) electrons. The Morgan fingerprint density at radius 2 is 2.00 bits per heavy atom. The third-order valence-corrected chi connectivity index (χ3v) is 4.42. The molecule has 0 unspecified atom stereocenters. The van der Waals surface area contributed by atoms with Crippen molar-refractivity contribution in [3.63, 3.8) is 0 Å². The predicted octanol–water partition coefficient (Wildman–Crippen LogP) is -1.57. The van der Waals surface area contributed by atoms with Crippen LogP contribution in [0.25, 0.3) is 0 Å².